The van der Waals surface area contributed by atoms with Gasteiger partial charge in [0.2, 0.25) is 11.8 Å². The Balaban J connectivity index is 1.73. The third-order valence-corrected chi connectivity index (χ3v) is 5.64. The number of benzene rings is 2. The fourth-order valence-corrected chi connectivity index (χ4v) is 4.00. The van der Waals surface area contributed by atoms with Crippen molar-refractivity contribution in [2.75, 3.05) is 11.9 Å². The maximum atomic E-state index is 12.3. The first-order chi connectivity index (χ1) is 13.0. The van der Waals surface area contributed by atoms with Crippen LogP contribution in [0.2, 0.25) is 5.02 Å². The molecule has 2 aromatic rings. The normalized spacial score (nSPS) is 20.2. The minimum atomic E-state index is -0.0140. The average molecular weight is 381 g/mol. The van der Waals surface area contributed by atoms with Gasteiger partial charge in [0, 0.05) is 24.9 Å². The maximum absolute atomic E-state index is 12.3. The molecule has 0 saturated heterocycles. The molecule has 4 rings (SSSR count). The summed E-state index contributed by atoms with van der Waals surface area (Å²) in [6.07, 6.45) is 4.94. The number of hydrogen-bond acceptors (Lipinski definition) is 2. The standard InChI is InChI=1S/C22H21ClN2O2/c1-13(26)25-12-17-9-15(19-11-20(19)22(27)24-2)5-3-14(17)4-6-16-10-18(23)7-8-21(16)25/h3-10,19-20H,11-12H2,1-2H3,(H,24,27)/t19-,20+/m1/s1. The summed E-state index contributed by atoms with van der Waals surface area (Å²) >= 11 is 6.14. The fraction of sp³-hybridized carbons (Fsp3) is 0.273. The van der Waals surface area contributed by atoms with E-state index in [4.69, 9.17) is 11.6 Å². The number of hydrogen-bond donors (Lipinski definition) is 1. The van der Waals surface area contributed by atoms with Crippen molar-refractivity contribution in [1.29, 1.82) is 0 Å². The molecule has 1 aliphatic heterocycles. The third kappa shape index (κ3) is 3.37. The Bertz CT molecular complexity index is 967. The highest BCUT2D eigenvalue weighted by Gasteiger charge is 2.43. The predicted octanol–water partition coefficient (Wildman–Crippen LogP) is 4.23. The molecule has 1 saturated carbocycles. The van der Waals surface area contributed by atoms with Gasteiger partial charge < -0.3 is 10.2 Å². The lowest BCUT2D eigenvalue weighted by molar-refractivity contribution is -0.122. The summed E-state index contributed by atoms with van der Waals surface area (Å²) in [7, 11) is 1.68. The van der Waals surface area contributed by atoms with Gasteiger partial charge in [-0.1, -0.05) is 42.0 Å². The van der Waals surface area contributed by atoms with E-state index in [1.54, 1.807) is 24.9 Å². The van der Waals surface area contributed by atoms with E-state index in [1.807, 2.05) is 18.2 Å². The predicted molar refractivity (Wildman–Crippen MR) is 109 cm³/mol. The summed E-state index contributed by atoms with van der Waals surface area (Å²) in [5, 5.41) is 3.38. The van der Waals surface area contributed by atoms with E-state index >= 15 is 0 Å². The van der Waals surface area contributed by atoms with Crippen LogP contribution in [-0.2, 0) is 16.1 Å². The molecule has 2 aliphatic rings. The highest BCUT2D eigenvalue weighted by molar-refractivity contribution is 6.30. The molecule has 1 fully saturated rings. The number of carbonyl (C=O) groups is 2. The van der Waals surface area contributed by atoms with E-state index in [0.29, 0.717) is 11.6 Å². The highest BCUT2D eigenvalue weighted by atomic mass is 35.5. The second kappa shape index (κ2) is 6.86. The van der Waals surface area contributed by atoms with Crippen LogP contribution in [0.1, 0.15) is 41.5 Å². The second-order valence-electron chi connectivity index (χ2n) is 7.16. The molecule has 2 atom stereocenters. The summed E-state index contributed by atoms with van der Waals surface area (Å²) in [6, 6.07) is 11.9. The first-order valence-corrected chi connectivity index (χ1v) is 9.46. The summed E-state index contributed by atoms with van der Waals surface area (Å²) in [4.78, 5) is 26.0. The monoisotopic (exact) mass is 380 g/mol. The van der Waals surface area contributed by atoms with E-state index in [9.17, 15) is 9.59 Å². The summed E-state index contributed by atoms with van der Waals surface area (Å²) in [6.45, 7) is 2.07. The van der Waals surface area contributed by atoms with Crippen LogP contribution in [-0.4, -0.2) is 18.9 Å². The van der Waals surface area contributed by atoms with Crippen molar-refractivity contribution in [2.24, 2.45) is 5.92 Å². The number of carbonyl (C=O) groups excluding carboxylic acids is 2. The molecule has 0 bridgehead atoms. The van der Waals surface area contributed by atoms with Crippen molar-refractivity contribution in [3.05, 3.63) is 63.7 Å². The molecule has 0 radical (unpaired) electrons. The quantitative estimate of drug-likeness (QED) is 0.847. The number of halogens is 1. The second-order valence-corrected chi connectivity index (χ2v) is 7.60. The van der Waals surface area contributed by atoms with Crippen molar-refractivity contribution in [2.45, 2.75) is 25.8 Å². The Morgan fingerprint density at radius 3 is 2.63 bits per heavy atom. The Hall–Kier alpha value is -2.59. The molecule has 2 aromatic carbocycles. The van der Waals surface area contributed by atoms with E-state index in [2.05, 4.69) is 29.6 Å². The van der Waals surface area contributed by atoms with Gasteiger partial charge in [0.15, 0.2) is 0 Å². The van der Waals surface area contributed by atoms with Gasteiger partial charge in [-0.15, -0.1) is 0 Å². The molecular weight excluding hydrogens is 360 g/mol. The van der Waals surface area contributed by atoms with E-state index < -0.39 is 0 Å². The number of nitrogens with one attached hydrogen (secondary N) is 1. The number of amides is 2. The molecule has 1 heterocycles. The van der Waals surface area contributed by atoms with Crippen LogP contribution in [0.15, 0.2) is 36.4 Å². The van der Waals surface area contributed by atoms with Crippen LogP contribution in [0.5, 0.6) is 0 Å². The average Bonchev–Trinajstić information content (AvgIpc) is 3.43. The molecule has 0 unspecified atom stereocenters. The SMILES string of the molecule is CNC(=O)[C@H]1C[C@@H]1c1ccc2c(c1)CN(C(C)=O)c1ccc(Cl)cc1C=C2. The van der Waals surface area contributed by atoms with Crippen molar-refractivity contribution in [3.8, 4) is 0 Å². The Morgan fingerprint density at radius 2 is 1.89 bits per heavy atom. The van der Waals surface area contributed by atoms with Crippen molar-refractivity contribution in [1.82, 2.24) is 5.32 Å². The van der Waals surface area contributed by atoms with E-state index in [-0.39, 0.29) is 23.7 Å². The highest BCUT2D eigenvalue weighted by Crippen LogP contribution is 2.48. The molecular formula is C22H21ClN2O2. The van der Waals surface area contributed by atoms with Gasteiger partial charge in [0.1, 0.15) is 0 Å². The van der Waals surface area contributed by atoms with Gasteiger partial charge in [-0.3, -0.25) is 9.59 Å². The van der Waals surface area contributed by atoms with Crippen LogP contribution in [0.3, 0.4) is 0 Å². The molecule has 138 valence electrons. The minimum absolute atomic E-state index is 0.0140. The lowest BCUT2D eigenvalue weighted by Gasteiger charge is -2.26. The summed E-state index contributed by atoms with van der Waals surface area (Å²) in [5.74, 6) is 0.410. The first kappa shape index (κ1) is 17.8. The van der Waals surface area contributed by atoms with Gasteiger partial charge in [0.25, 0.3) is 0 Å². The summed E-state index contributed by atoms with van der Waals surface area (Å²) in [5.41, 5.74) is 5.11. The van der Waals surface area contributed by atoms with Crippen LogP contribution in [0.4, 0.5) is 5.69 Å². The summed E-state index contributed by atoms with van der Waals surface area (Å²) < 4.78 is 0. The smallest absolute Gasteiger partial charge is 0.224 e. The number of rotatable bonds is 2. The minimum Gasteiger partial charge on any atom is -0.359 e. The van der Waals surface area contributed by atoms with Gasteiger partial charge in [-0.05, 0) is 52.8 Å². The molecule has 0 spiro atoms. The Morgan fingerprint density at radius 1 is 1.11 bits per heavy atom. The van der Waals surface area contributed by atoms with Gasteiger partial charge >= 0.3 is 0 Å². The van der Waals surface area contributed by atoms with Gasteiger partial charge in [-0.2, -0.15) is 0 Å². The zero-order valence-corrected chi connectivity index (χ0v) is 16.1. The maximum Gasteiger partial charge on any atom is 0.224 e. The largest absolute Gasteiger partial charge is 0.359 e. The van der Waals surface area contributed by atoms with Gasteiger partial charge in [-0.25, -0.2) is 0 Å². The molecule has 4 nitrogen and oxygen atoms in total. The van der Waals surface area contributed by atoms with Crippen molar-refractivity contribution >= 4 is 41.3 Å². The Kier molecular flexibility index (Phi) is 4.52. The number of nitrogens with zero attached hydrogens (tertiary/aromatic N) is 1. The van der Waals surface area contributed by atoms with Crippen molar-refractivity contribution in [3.63, 3.8) is 0 Å². The zero-order chi connectivity index (χ0) is 19.1. The molecule has 2 amide bonds. The molecule has 1 N–H and O–H groups in total. The van der Waals surface area contributed by atoms with Gasteiger partial charge in [0.05, 0.1) is 12.2 Å². The fourth-order valence-electron chi connectivity index (χ4n) is 3.82. The van der Waals surface area contributed by atoms with Crippen LogP contribution < -0.4 is 10.2 Å². The van der Waals surface area contributed by atoms with E-state index in [1.165, 1.54) is 0 Å². The first-order valence-electron chi connectivity index (χ1n) is 9.08. The lowest BCUT2D eigenvalue weighted by Crippen LogP contribution is -2.29. The molecule has 5 heteroatoms. The topological polar surface area (TPSA) is 49.4 Å². The lowest BCUT2D eigenvalue weighted by atomic mass is 9.97. The van der Waals surface area contributed by atoms with Crippen LogP contribution in [0, 0.1) is 5.92 Å². The number of anilines is 1. The van der Waals surface area contributed by atoms with Crippen LogP contribution >= 0.6 is 11.6 Å². The van der Waals surface area contributed by atoms with Crippen LogP contribution in [0.25, 0.3) is 12.2 Å². The molecule has 1 aliphatic carbocycles. The third-order valence-electron chi connectivity index (χ3n) is 5.40. The number of fused-ring (bicyclic) bond motifs is 2. The molecule has 0 aromatic heterocycles. The zero-order valence-electron chi connectivity index (χ0n) is 15.3. The van der Waals surface area contributed by atoms with Crippen molar-refractivity contribution < 1.29 is 9.59 Å². The molecule has 27 heavy (non-hydrogen) atoms. The van der Waals surface area contributed by atoms with E-state index in [0.717, 1.165) is 34.4 Å². The Labute approximate surface area is 163 Å².